The fourth-order valence-corrected chi connectivity index (χ4v) is 1.91. The molecule has 2 aromatic carbocycles. The lowest BCUT2D eigenvalue weighted by Gasteiger charge is -2.07. The first kappa shape index (κ1) is 13.5. The Bertz CT molecular complexity index is 599. The Morgan fingerprint density at radius 1 is 1.16 bits per heavy atom. The molecule has 3 nitrogen and oxygen atoms in total. The zero-order valence-corrected chi connectivity index (χ0v) is 11.8. The second-order valence-electron chi connectivity index (χ2n) is 3.91. The van der Waals surface area contributed by atoms with E-state index in [4.69, 9.17) is 0 Å². The molecule has 19 heavy (non-hydrogen) atoms. The van der Waals surface area contributed by atoms with Crippen molar-refractivity contribution >= 4 is 33.2 Å². The number of carbonyl (C=O) groups excluding carboxylic acids is 1. The second kappa shape index (κ2) is 5.84. The maximum atomic E-state index is 13.6. The second-order valence-corrected chi connectivity index (χ2v) is 4.82. The average molecular weight is 323 g/mol. The number of anilines is 2. The van der Waals surface area contributed by atoms with Gasteiger partial charge in [-0.15, -0.1) is 0 Å². The molecule has 0 aliphatic carbocycles. The van der Waals surface area contributed by atoms with Gasteiger partial charge in [-0.05, 0) is 42.5 Å². The highest BCUT2D eigenvalue weighted by Gasteiger charge is 2.09. The van der Waals surface area contributed by atoms with Crippen molar-refractivity contribution in [2.75, 3.05) is 17.7 Å². The third-order valence-corrected chi connectivity index (χ3v) is 3.11. The number of benzene rings is 2. The van der Waals surface area contributed by atoms with Gasteiger partial charge in [0.25, 0.3) is 5.91 Å². The molecule has 0 aliphatic heterocycles. The van der Waals surface area contributed by atoms with Gasteiger partial charge in [0, 0.05) is 22.8 Å². The highest BCUT2D eigenvalue weighted by molar-refractivity contribution is 9.10. The van der Waals surface area contributed by atoms with Crippen LogP contribution in [0.1, 0.15) is 10.4 Å². The lowest BCUT2D eigenvalue weighted by molar-refractivity contribution is 0.102. The van der Waals surface area contributed by atoms with E-state index >= 15 is 0 Å². The molecule has 2 rings (SSSR count). The summed E-state index contributed by atoms with van der Waals surface area (Å²) in [5.74, 6) is -0.821. The van der Waals surface area contributed by atoms with Crippen LogP contribution in [0.15, 0.2) is 46.9 Å². The summed E-state index contributed by atoms with van der Waals surface area (Å²) in [6.45, 7) is 0. The van der Waals surface area contributed by atoms with Gasteiger partial charge in [0.1, 0.15) is 5.82 Å². The van der Waals surface area contributed by atoms with Crippen LogP contribution in [0.2, 0.25) is 0 Å². The maximum Gasteiger partial charge on any atom is 0.255 e. The third kappa shape index (κ3) is 3.32. The quantitative estimate of drug-likeness (QED) is 0.900. The van der Waals surface area contributed by atoms with Crippen LogP contribution in [0, 0.1) is 5.82 Å². The van der Waals surface area contributed by atoms with E-state index in [0.29, 0.717) is 10.0 Å². The molecule has 0 unspecified atom stereocenters. The SMILES string of the molecule is CNc1ccc(C(=O)Nc2ccc(Br)cc2F)cc1. The van der Waals surface area contributed by atoms with Gasteiger partial charge in [-0.1, -0.05) is 15.9 Å². The van der Waals surface area contributed by atoms with Gasteiger partial charge in [-0.3, -0.25) is 4.79 Å². The molecule has 0 spiro atoms. The lowest BCUT2D eigenvalue weighted by Crippen LogP contribution is -2.12. The summed E-state index contributed by atoms with van der Waals surface area (Å²) in [6.07, 6.45) is 0. The summed E-state index contributed by atoms with van der Waals surface area (Å²) in [6, 6.07) is 11.4. The molecule has 0 heterocycles. The van der Waals surface area contributed by atoms with E-state index in [-0.39, 0.29) is 11.6 Å². The molecule has 0 radical (unpaired) electrons. The van der Waals surface area contributed by atoms with Crippen molar-refractivity contribution in [3.63, 3.8) is 0 Å². The Balaban J connectivity index is 2.15. The zero-order valence-electron chi connectivity index (χ0n) is 10.2. The van der Waals surface area contributed by atoms with Crippen molar-refractivity contribution in [3.05, 3.63) is 58.3 Å². The van der Waals surface area contributed by atoms with Crippen LogP contribution < -0.4 is 10.6 Å². The van der Waals surface area contributed by atoms with Crippen molar-refractivity contribution in [3.8, 4) is 0 Å². The average Bonchev–Trinajstić information content (AvgIpc) is 2.42. The van der Waals surface area contributed by atoms with Gasteiger partial charge in [-0.2, -0.15) is 0 Å². The summed E-state index contributed by atoms with van der Waals surface area (Å²) in [5, 5.41) is 5.50. The van der Waals surface area contributed by atoms with Crippen LogP contribution in [-0.2, 0) is 0 Å². The lowest BCUT2D eigenvalue weighted by atomic mass is 10.2. The first-order valence-electron chi connectivity index (χ1n) is 5.64. The molecule has 0 saturated carbocycles. The number of halogens is 2. The number of carbonyl (C=O) groups is 1. The van der Waals surface area contributed by atoms with Crippen LogP contribution in [0.4, 0.5) is 15.8 Å². The maximum absolute atomic E-state index is 13.6. The minimum Gasteiger partial charge on any atom is -0.388 e. The molecular formula is C14H12BrFN2O. The molecule has 1 amide bonds. The highest BCUT2D eigenvalue weighted by atomic mass is 79.9. The predicted molar refractivity (Wildman–Crippen MR) is 78.0 cm³/mol. The Labute approximate surface area is 119 Å². The molecule has 0 aliphatic rings. The molecule has 0 saturated heterocycles. The fourth-order valence-electron chi connectivity index (χ4n) is 1.57. The van der Waals surface area contributed by atoms with Gasteiger partial charge in [-0.25, -0.2) is 4.39 Å². The largest absolute Gasteiger partial charge is 0.388 e. The van der Waals surface area contributed by atoms with Crippen LogP contribution in [0.5, 0.6) is 0 Å². The number of rotatable bonds is 3. The van der Waals surface area contributed by atoms with E-state index in [9.17, 15) is 9.18 Å². The number of hydrogen-bond donors (Lipinski definition) is 2. The minimum atomic E-state index is -0.477. The molecule has 98 valence electrons. The van der Waals surface area contributed by atoms with Crippen molar-refractivity contribution in [2.45, 2.75) is 0 Å². The number of hydrogen-bond acceptors (Lipinski definition) is 2. The monoisotopic (exact) mass is 322 g/mol. The smallest absolute Gasteiger partial charge is 0.255 e. The van der Waals surface area contributed by atoms with Crippen molar-refractivity contribution < 1.29 is 9.18 Å². The minimum absolute atomic E-state index is 0.158. The van der Waals surface area contributed by atoms with Gasteiger partial charge < -0.3 is 10.6 Å². The predicted octanol–water partition coefficient (Wildman–Crippen LogP) is 3.88. The highest BCUT2D eigenvalue weighted by Crippen LogP contribution is 2.20. The van der Waals surface area contributed by atoms with Crippen LogP contribution in [0.3, 0.4) is 0 Å². The Kier molecular flexibility index (Phi) is 4.16. The van der Waals surface area contributed by atoms with Crippen LogP contribution in [0.25, 0.3) is 0 Å². The normalized spacial score (nSPS) is 10.1. The van der Waals surface area contributed by atoms with Crippen LogP contribution >= 0.6 is 15.9 Å². The number of amides is 1. The van der Waals surface area contributed by atoms with E-state index in [0.717, 1.165) is 5.69 Å². The first-order valence-corrected chi connectivity index (χ1v) is 6.43. The topological polar surface area (TPSA) is 41.1 Å². The van der Waals surface area contributed by atoms with Gasteiger partial charge in [0.15, 0.2) is 0 Å². The molecule has 0 fully saturated rings. The number of nitrogens with one attached hydrogen (secondary N) is 2. The summed E-state index contributed by atoms with van der Waals surface area (Å²) >= 11 is 3.16. The van der Waals surface area contributed by atoms with Crippen LogP contribution in [-0.4, -0.2) is 13.0 Å². The van der Waals surface area contributed by atoms with E-state index < -0.39 is 5.82 Å². The van der Waals surface area contributed by atoms with E-state index in [1.54, 1.807) is 37.4 Å². The van der Waals surface area contributed by atoms with Gasteiger partial charge in [0.2, 0.25) is 0 Å². The van der Waals surface area contributed by atoms with Crippen molar-refractivity contribution in [1.82, 2.24) is 0 Å². The standard InChI is InChI=1S/C14H12BrFN2O/c1-17-11-5-2-9(3-6-11)14(19)18-13-7-4-10(15)8-12(13)16/h2-8,17H,1H3,(H,18,19). The van der Waals surface area contributed by atoms with Crippen molar-refractivity contribution in [1.29, 1.82) is 0 Å². The van der Waals surface area contributed by atoms with Gasteiger partial charge >= 0.3 is 0 Å². The van der Waals surface area contributed by atoms with E-state index in [2.05, 4.69) is 26.6 Å². The Hall–Kier alpha value is -1.88. The molecule has 0 atom stereocenters. The third-order valence-electron chi connectivity index (χ3n) is 2.62. The van der Waals surface area contributed by atoms with E-state index in [1.165, 1.54) is 12.1 Å². The molecule has 2 N–H and O–H groups in total. The molecule has 2 aromatic rings. The Morgan fingerprint density at radius 2 is 1.84 bits per heavy atom. The zero-order chi connectivity index (χ0) is 13.8. The molecule has 0 bridgehead atoms. The summed E-state index contributed by atoms with van der Waals surface area (Å²) < 4.78 is 14.2. The summed E-state index contributed by atoms with van der Waals surface area (Å²) in [7, 11) is 1.80. The van der Waals surface area contributed by atoms with Crippen molar-refractivity contribution in [2.24, 2.45) is 0 Å². The molecular weight excluding hydrogens is 311 g/mol. The summed E-state index contributed by atoms with van der Waals surface area (Å²) in [5.41, 5.74) is 1.54. The summed E-state index contributed by atoms with van der Waals surface area (Å²) in [4.78, 5) is 11.9. The van der Waals surface area contributed by atoms with Gasteiger partial charge in [0.05, 0.1) is 5.69 Å². The fraction of sp³-hybridized carbons (Fsp3) is 0.0714. The first-order chi connectivity index (χ1) is 9.10. The van der Waals surface area contributed by atoms with E-state index in [1.807, 2.05) is 0 Å². The molecule has 0 aromatic heterocycles. The molecule has 5 heteroatoms. The Morgan fingerprint density at radius 3 is 2.42 bits per heavy atom.